The third-order valence-corrected chi connectivity index (χ3v) is 14.0. The van der Waals surface area contributed by atoms with Crippen molar-refractivity contribution in [3.8, 4) is 50.2 Å². The Morgan fingerprint density at radius 2 is 0.930 bits per heavy atom. The van der Waals surface area contributed by atoms with Gasteiger partial charge >= 0.3 is 0 Å². The number of rotatable bonds is 5. The van der Waals surface area contributed by atoms with Gasteiger partial charge < -0.3 is 4.57 Å². The van der Waals surface area contributed by atoms with Gasteiger partial charge in [0.25, 0.3) is 0 Å². The highest BCUT2D eigenvalue weighted by atomic mass is 32.1. The summed E-state index contributed by atoms with van der Waals surface area (Å²) in [4.78, 5) is 0. The maximum atomic E-state index is 2.52. The number of benzene rings is 9. The summed E-state index contributed by atoms with van der Waals surface area (Å²) in [6.45, 7) is 0. The highest BCUT2D eigenvalue weighted by Gasteiger charge is 2.21. The zero-order valence-electron chi connectivity index (χ0n) is 30.8. The van der Waals surface area contributed by atoms with Crippen LogP contribution in [0.2, 0.25) is 0 Å². The molecule has 12 aromatic rings. The fraction of sp³-hybridized carbons (Fsp3) is 0. The molecule has 57 heavy (non-hydrogen) atoms. The van der Waals surface area contributed by atoms with Gasteiger partial charge in [-0.25, -0.2) is 0 Å². The van der Waals surface area contributed by atoms with Crippen molar-refractivity contribution < 1.29 is 0 Å². The molecule has 0 fully saturated rings. The van der Waals surface area contributed by atoms with Crippen molar-refractivity contribution >= 4 is 84.8 Å². The van der Waals surface area contributed by atoms with Crippen LogP contribution in [0.3, 0.4) is 0 Å². The average molecular weight is 760 g/mol. The first-order valence-electron chi connectivity index (χ1n) is 19.4. The molecule has 266 valence electrons. The molecule has 0 spiro atoms. The maximum Gasteiger partial charge on any atom is 0.0640 e. The molecule has 12 rings (SSSR count). The lowest BCUT2D eigenvalue weighted by molar-refractivity contribution is 1.20. The van der Waals surface area contributed by atoms with Crippen molar-refractivity contribution in [2.75, 3.05) is 0 Å². The second kappa shape index (κ2) is 12.9. The van der Waals surface area contributed by atoms with E-state index in [2.05, 4.69) is 205 Å². The van der Waals surface area contributed by atoms with Gasteiger partial charge in [0.05, 0.1) is 21.4 Å². The van der Waals surface area contributed by atoms with Gasteiger partial charge in [-0.3, -0.25) is 0 Å². The van der Waals surface area contributed by atoms with Gasteiger partial charge in [-0.2, -0.15) is 0 Å². The van der Waals surface area contributed by atoms with Crippen molar-refractivity contribution in [3.63, 3.8) is 0 Å². The van der Waals surface area contributed by atoms with Crippen LogP contribution in [-0.2, 0) is 0 Å². The molecule has 0 unspecified atom stereocenters. The highest BCUT2D eigenvalue weighted by Crippen LogP contribution is 2.48. The van der Waals surface area contributed by atoms with Crippen LogP contribution in [-0.4, -0.2) is 4.57 Å². The van der Waals surface area contributed by atoms with E-state index >= 15 is 0 Å². The number of fused-ring (bicyclic) bond motifs is 9. The van der Waals surface area contributed by atoms with Crippen LogP contribution in [0.25, 0.3) is 112 Å². The van der Waals surface area contributed by atoms with Crippen LogP contribution in [0.4, 0.5) is 0 Å². The lowest BCUT2D eigenvalue weighted by atomic mass is 9.93. The van der Waals surface area contributed by atoms with Crippen molar-refractivity contribution in [2.24, 2.45) is 0 Å². The molecule has 0 amide bonds. The first kappa shape index (κ1) is 32.5. The van der Waals surface area contributed by atoms with E-state index in [0.29, 0.717) is 0 Å². The van der Waals surface area contributed by atoms with E-state index in [1.807, 2.05) is 22.7 Å². The number of hydrogen-bond donors (Lipinski definition) is 0. The molecule has 3 heterocycles. The summed E-state index contributed by atoms with van der Waals surface area (Å²) in [5, 5.41) is 7.75. The van der Waals surface area contributed by atoms with E-state index < -0.39 is 0 Å². The maximum absolute atomic E-state index is 2.52. The van der Waals surface area contributed by atoms with Gasteiger partial charge in [-0.1, -0.05) is 152 Å². The number of hydrogen-bond acceptors (Lipinski definition) is 2. The second-order valence-corrected chi connectivity index (χ2v) is 16.9. The van der Waals surface area contributed by atoms with Gasteiger partial charge in [0.1, 0.15) is 0 Å². The van der Waals surface area contributed by atoms with E-state index in [-0.39, 0.29) is 0 Å². The predicted octanol–water partition coefficient (Wildman–Crippen LogP) is 16.2. The first-order chi connectivity index (χ1) is 28.3. The van der Waals surface area contributed by atoms with Gasteiger partial charge in [0, 0.05) is 52.0 Å². The summed E-state index contributed by atoms with van der Waals surface area (Å²) in [5.41, 5.74) is 13.5. The van der Waals surface area contributed by atoms with Crippen LogP contribution in [0.5, 0.6) is 0 Å². The molecule has 3 aromatic heterocycles. The Bertz CT molecular complexity index is 3500. The van der Waals surface area contributed by atoms with Crippen molar-refractivity contribution in [1.82, 2.24) is 4.57 Å². The van der Waals surface area contributed by atoms with Crippen LogP contribution < -0.4 is 0 Å². The normalized spacial score (nSPS) is 11.9. The Hall–Kier alpha value is -6.78. The summed E-state index contributed by atoms with van der Waals surface area (Å²) in [5.74, 6) is 0. The molecule has 0 saturated carbocycles. The first-order valence-corrected chi connectivity index (χ1v) is 21.0. The van der Waals surface area contributed by atoms with Crippen LogP contribution >= 0.6 is 22.7 Å². The number of nitrogens with zero attached hydrogens (tertiary/aromatic N) is 1. The molecule has 0 atom stereocenters. The summed E-state index contributed by atoms with van der Waals surface area (Å²) in [6, 6.07) is 73.8. The molecule has 0 N–H and O–H groups in total. The van der Waals surface area contributed by atoms with Crippen LogP contribution in [0.1, 0.15) is 0 Å². The molecule has 9 aromatic carbocycles. The Morgan fingerprint density at radius 1 is 0.298 bits per heavy atom. The fourth-order valence-electron chi connectivity index (χ4n) is 8.96. The molecule has 0 aliphatic heterocycles. The Morgan fingerprint density at radius 3 is 1.72 bits per heavy atom. The molecule has 1 nitrogen and oxygen atoms in total. The zero-order chi connectivity index (χ0) is 37.5. The Balaban J connectivity index is 1.16. The van der Waals surface area contributed by atoms with Crippen molar-refractivity contribution in [1.29, 1.82) is 0 Å². The molecular weight excluding hydrogens is 727 g/mol. The number of aromatic nitrogens is 1. The standard InChI is InChI=1S/C54H33NS2/c1-4-14-34(15-5-1)37-27-29-47-45(30-37)41-28-26-38(35-16-6-2-7-17-35)33-49(41)55(47)48-23-12-22-42-46-32-39(31-44(53(46)57-54(42)48)36-18-8-3-9-19-36)40-21-13-25-51-52(40)43-20-10-11-24-50(43)56-51/h1-33H. The monoisotopic (exact) mass is 759 g/mol. The van der Waals surface area contributed by atoms with Crippen molar-refractivity contribution in [3.05, 3.63) is 200 Å². The Labute approximate surface area is 338 Å². The number of thiophene rings is 2. The molecule has 0 radical (unpaired) electrons. The topological polar surface area (TPSA) is 4.93 Å². The third-order valence-electron chi connectivity index (χ3n) is 11.6. The average Bonchev–Trinajstić information content (AvgIpc) is 3.96. The van der Waals surface area contributed by atoms with E-state index in [1.54, 1.807) is 0 Å². The van der Waals surface area contributed by atoms with Crippen molar-refractivity contribution in [2.45, 2.75) is 0 Å². The molecule has 0 aliphatic rings. The Kier molecular flexibility index (Phi) is 7.34. The quantitative estimate of drug-likeness (QED) is 0.165. The SMILES string of the molecule is c1ccc(-c2ccc3c(c2)c2ccc(-c4ccccc4)cc2n3-c2cccc3c2sc2c(-c4ccccc4)cc(-c4cccc5sc6ccccc6c45)cc23)cc1. The summed E-state index contributed by atoms with van der Waals surface area (Å²) < 4.78 is 7.77. The van der Waals surface area contributed by atoms with Gasteiger partial charge in [0.2, 0.25) is 0 Å². The smallest absolute Gasteiger partial charge is 0.0640 e. The van der Waals surface area contributed by atoms with Gasteiger partial charge in [-0.05, 0) is 87.5 Å². The molecule has 0 aliphatic carbocycles. The molecule has 3 heteroatoms. The summed E-state index contributed by atoms with van der Waals surface area (Å²) in [6.07, 6.45) is 0. The van der Waals surface area contributed by atoms with E-state index in [4.69, 9.17) is 0 Å². The van der Waals surface area contributed by atoms with Crippen LogP contribution in [0.15, 0.2) is 200 Å². The van der Waals surface area contributed by atoms with E-state index in [1.165, 1.54) is 112 Å². The minimum atomic E-state index is 1.21. The molecule has 0 saturated heterocycles. The molecular formula is C54H33NS2. The lowest BCUT2D eigenvalue weighted by Gasteiger charge is -2.11. The van der Waals surface area contributed by atoms with Crippen LogP contribution in [0, 0.1) is 0 Å². The highest BCUT2D eigenvalue weighted by molar-refractivity contribution is 7.27. The predicted molar refractivity (Wildman–Crippen MR) is 248 cm³/mol. The minimum absolute atomic E-state index is 1.21. The minimum Gasteiger partial charge on any atom is -0.308 e. The fourth-order valence-corrected chi connectivity index (χ4v) is 11.4. The van der Waals surface area contributed by atoms with E-state index in [9.17, 15) is 0 Å². The second-order valence-electron chi connectivity index (χ2n) is 14.8. The summed E-state index contributed by atoms with van der Waals surface area (Å²) >= 11 is 3.80. The van der Waals surface area contributed by atoms with E-state index in [0.717, 1.165) is 0 Å². The lowest BCUT2D eigenvalue weighted by Crippen LogP contribution is -1.94. The molecule has 0 bridgehead atoms. The summed E-state index contributed by atoms with van der Waals surface area (Å²) in [7, 11) is 0. The third kappa shape index (κ3) is 5.13. The zero-order valence-corrected chi connectivity index (χ0v) is 32.4. The van der Waals surface area contributed by atoms with Gasteiger partial charge in [-0.15, -0.1) is 22.7 Å². The van der Waals surface area contributed by atoms with Gasteiger partial charge in [0.15, 0.2) is 0 Å². The largest absolute Gasteiger partial charge is 0.308 e.